The highest BCUT2D eigenvalue weighted by atomic mass is 35.5. The zero-order valence-corrected chi connectivity index (χ0v) is 19.0. The van der Waals surface area contributed by atoms with Crippen LogP contribution in [-0.2, 0) is 6.54 Å². The van der Waals surface area contributed by atoms with Crippen LogP contribution in [0, 0.1) is 0 Å². The molecule has 2 rings (SSSR count). The summed E-state index contributed by atoms with van der Waals surface area (Å²) in [5.41, 5.74) is 3.59. The van der Waals surface area contributed by atoms with Crippen LogP contribution < -0.4 is 4.74 Å². The summed E-state index contributed by atoms with van der Waals surface area (Å²) >= 11 is 12.2. The highest BCUT2D eigenvalue weighted by Crippen LogP contribution is 2.21. The molecule has 2 aromatic rings. The Hall–Kier alpha value is -1.94. The van der Waals surface area contributed by atoms with Crippen LogP contribution in [0.1, 0.15) is 25.8 Å². The van der Waals surface area contributed by atoms with E-state index < -0.39 is 0 Å². The number of hydrogen-bond donors (Lipinski definition) is 0. The van der Waals surface area contributed by atoms with Crippen LogP contribution in [0.4, 0.5) is 0 Å². The number of rotatable bonds is 11. The molecule has 0 aromatic heterocycles. The molecule has 0 amide bonds. The Bertz CT molecular complexity index is 818. The van der Waals surface area contributed by atoms with Gasteiger partial charge in [-0.2, -0.15) is 0 Å². The highest BCUT2D eigenvalue weighted by molar-refractivity contribution is 6.31. The summed E-state index contributed by atoms with van der Waals surface area (Å²) in [6, 6.07) is 15.4. The van der Waals surface area contributed by atoms with Crippen molar-refractivity contribution in [2.45, 2.75) is 26.8 Å². The van der Waals surface area contributed by atoms with E-state index in [1.807, 2.05) is 54.7 Å². The maximum Gasteiger partial charge on any atom is 0.119 e. The second kappa shape index (κ2) is 11.9. The van der Waals surface area contributed by atoms with Crippen LogP contribution in [-0.4, -0.2) is 36.5 Å². The minimum atomic E-state index is 0.680. The molecule has 2 aromatic carbocycles. The Balaban J connectivity index is 1.82. The lowest BCUT2D eigenvalue weighted by molar-refractivity contribution is 0.270. The number of benzene rings is 2. The zero-order valence-electron chi connectivity index (χ0n) is 17.5. The van der Waals surface area contributed by atoms with Gasteiger partial charge in [-0.05, 0) is 75.0 Å². The van der Waals surface area contributed by atoms with Crippen molar-refractivity contribution in [2.24, 2.45) is 0 Å². The molecule has 0 aliphatic heterocycles. The lowest BCUT2D eigenvalue weighted by Gasteiger charge is -2.26. The molecule has 0 spiro atoms. The molecule has 29 heavy (non-hydrogen) atoms. The van der Waals surface area contributed by atoms with E-state index >= 15 is 0 Å². The fraction of sp³-hybridized carbons (Fsp3) is 0.333. The summed E-state index contributed by atoms with van der Waals surface area (Å²) in [5, 5.41) is 1.50. The number of hydrogen-bond acceptors (Lipinski definition) is 3. The van der Waals surface area contributed by atoms with Crippen LogP contribution in [0.3, 0.4) is 0 Å². The fourth-order valence-corrected chi connectivity index (χ4v) is 3.35. The molecule has 0 atom stereocenters. The van der Waals surface area contributed by atoms with Crippen LogP contribution in [0.25, 0.3) is 0 Å². The van der Waals surface area contributed by atoms with E-state index in [0.29, 0.717) is 13.2 Å². The minimum Gasteiger partial charge on any atom is -0.494 e. The van der Waals surface area contributed by atoms with Gasteiger partial charge in [0.25, 0.3) is 0 Å². The van der Waals surface area contributed by atoms with Gasteiger partial charge < -0.3 is 14.5 Å². The van der Waals surface area contributed by atoms with E-state index in [-0.39, 0.29) is 0 Å². The van der Waals surface area contributed by atoms with Crippen molar-refractivity contribution in [2.75, 3.05) is 26.7 Å². The molecule has 0 N–H and O–H groups in total. The standard InChI is InChI=1S/C24H30Cl2N2O/c1-5-28(18-21-9-6-7-10-24(21)26)20(3)19(2)17-27(4)15-8-16-29-23-13-11-22(25)12-14-23/h5-7,9-14H,1,8,15-18H2,2-4H3. The molecule has 0 fully saturated rings. The molecule has 3 nitrogen and oxygen atoms in total. The third-order valence-electron chi connectivity index (χ3n) is 4.84. The van der Waals surface area contributed by atoms with Crippen LogP contribution >= 0.6 is 23.2 Å². The van der Waals surface area contributed by atoms with Gasteiger partial charge in [-0.1, -0.05) is 48.0 Å². The normalized spacial score (nSPS) is 11.9. The largest absolute Gasteiger partial charge is 0.494 e. The Labute approximate surface area is 185 Å². The molecule has 0 saturated heterocycles. The molecule has 156 valence electrons. The van der Waals surface area contributed by atoms with Gasteiger partial charge in [0.1, 0.15) is 5.75 Å². The molecule has 0 radical (unpaired) electrons. The first-order valence-electron chi connectivity index (χ1n) is 9.76. The van der Waals surface area contributed by atoms with Gasteiger partial charge in [0.2, 0.25) is 0 Å². The van der Waals surface area contributed by atoms with E-state index in [0.717, 1.165) is 40.9 Å². The van der Waals surface area contributed by atoms with Gasteiger partial charge in [-0.15, -0.1) is 0 Å². The Morgan fingerprint density at radius 2 is 1.76 bits per heavy atom. The molecule has 0 aliphatic carbocycles. The van der Waals surface area contributed by atoms with Gasteiger partial charge in [-0.3, -0.25) is 0 Å². The molecular formula is C24H30Cl2N2O. The maximum atomic E-state index is 6.31. The SMILES string of the molecule is C=CN(Cc1ccccc1Cl)C(C)=C(C)CN(C)CCCOc1ccc(Cl)cc1. The maximum absolute atomic E-state index is 6.31. The molecular weight excluding hydrogens is 403 g/mol. The van der Waals surface area contributed by atoms with Gasteiger partial charge >= 0.3 is 0 Å². The first kappa shape index (κ1) is 23.3. The van der Waals surface area contributed by atoms with E-state index in [4.69, 9.17) is 27.9 Å². The summed E-state index contributed by atoms with van der Waals surface area (Å²) in [7, 11) is 2.13. The number of nitrogens with zero attached hydrogens (tertiary/aromatic N) is 2. The monoisotopic (exact) mass is 432 g/mol. The van der Waals surface area contributed by atoms with Gasteiger partial charge in [0, 0.05) is 35.4 Å². The molecule has 5 heteroatoms. The quantitative estimate of drug-likeness (QED) is 0.370. The van der Waals surface area contributed by atoms with E-state index in [1.165, 1.54) is 11.3 Å². The minimum absolute atomic E-state index is 0.680. The highest BCUT2D eigenvalue weighted by Gasteiger charge is 2.10. The summed E-state index contributed by atoms with van der Waals surface area (Å²) in [5.74, 6) is 0.852. The summed E-state index contributed by atoms with van der Waals surface area (Å²) < 4.78 is 5.77. The summed E-state index contributed by atoms with van der Waals surface area (Å²) in [6.07, 6.45) is 2.82. The van der Waals surface area contributed by atoms with Crippen LogP contribution in [0.15, 0.2) is 72.6 Å². The van der Waals surface area contributed by atoms with Crippen LogP contribution in [0.5, 0.6) is 5.75 Å². The summed E-state index contributed by atoms with van der Waals surface area (Å²) in [6.45, 7) is 11.5. The second-order valence-corrected chi connectivity index (χ2v) is 8.00. The molecule has 0 saturated carbocycles. The molecule has 0 heterocycles. The number of allylic oxidation sites excluding steroid dienone is 1. The topological polar surface area (TPSA) is 15.7 Å². The Kier molecular flexibility index (Phi) is 9.59. The predicted molar refractivity (Wildman–Crippen MR) is 125 cm³/mol. The Morgan fingerprint density at radius 1 is 1.07 bits per heavy atom. The number of halogens is 2. The van der Waals surface area contributed by atoms with Gasteiger partial charge in [-0.25, -0.2) is 0 Å². The van der Waals surface area contributed by atoms with Gasteiger partial charge in [0.05, 0.1) is 6.61 Å². The number of likely N-dealkylation sites (N-methyl/N-ethyl adjacent to an activating group) is 1. The lowest BCUT2D eigenvalue weighted by Crippen LogP contribution is -2.25. The molecule has 0 aliphatic rings. The average molecular weight is 433 g/mol. The lowest BCUT2D eigenvalue weighted by atomic mass is 10.1. The van der Waals surface area contributed by atoms with Crippen LogP contribution in [0.2, 0.25) is 10.0 Å². The third kappa shape index (κ3) is 7.77. The van der Waals surface area contributed by atoms with Crippen molar-refractivity contribution in [3.63, 3.8) is 0 Å². The van der Waals surface area contributed by atoms with Crippen molar-refractivity contribution in [1.29, 1.82) is 0 Å². The van der Waals surface area contributed by atoms with E-state index in [9.17, 15) is 0 Å². The first-order valence-corrected chi connectivity index (χ1v) is 10.5. The first-order chi connectivity index (χ1) is 13.9. The zero-order chi connectivity index (χ0) is 21.2. The fourth-order valence-electron chi connectivity index (χ4n) is 3.03. The third-order valence-corrected chi connectivity index (χ3v) is 5.46. The van der Waals surface area contributed by atoms with E-state index in [1.54, 1.807) is 0 Å². The average Bonchev–Trinajstić information content (AvgIpc) is 2.71. The molecule has 0 unspecified atom stereocenters. The van der Waals surface area contributed by atoms with Crippen molar-refractivity contribution >= 4 is 23.2 Å². The van der Waals surface area contributed by atoms with E-state index in [2.05, 4.69) is 37.3 Å². The second-order valence-electron chi connectivity index (χ2n) is 7.16. The number of ether oxygens (including phenoxy) is 1. The van der Waals surface area contributed by atoms with Gasteiger partial charge in [0.15, 0.2) is 0 Å². The van der Waals surface area contributed by atoms with Crippen molar-refractivity contribution in [1.82, 2.24) is 9.80 Å². The summed E-state index contributed by atoms with van der Waals surface area (Å²) in [4.78, 5) is 4.45. The van der Waals surface area contributed by atoms with Crippen molar-refractivity contribution < 1.29 is 4.74 Å². The van der Waals surface area contributed by atoms with Crippen molar-refractivity contribution in [3.8, 4) is 5.75 Å². The predicted octanol–water partition coefficient (Wildman–Crippen LogP) is 6.63. The van der Waals surface area contributed by atoms with Crippen molar-refractivity contribution in [3.05, 3.63) is 88.2 Å². The molecule has 0 bridgehead atoms. The smallest absolute Gasteiger partial charge is 0.119 e. The Morgan fingerprint density at radius 3 is 2.41 bits per heavy atom.